The first-order chi connectivity index (χ1) is 13.9. The van der Waals surface area contributed by atoms with Crippen molar-refractivity contribution in [3.8, 4) is 0 Å². The van der Waals surface area contributed by atoms with E-state index in [1.54, 1.807) is 36.4 Å². The lowest BCUT2D eigenvalue weighted by atomic mass is 10.1. The summed E-state index contributed by atoms with van der Waals surface area (Å²) in [5.41, 5.74) is 1.96. The lowest BCUT2D eigenvalue weighted by molar-refractivity contribution is 0.151. The van der Waals surface area contributed by atoms with E-state index in [2.05, 4.69) is 9.74 Å². The van der Waals surface area contributed by atoms with Crippen LogP contribution < -0.4 is 0 Å². The second kappa shape index (κ2) is 9.49. The average molecular weight is 416 g/mol. The number of nitrogens with zero attached hydrogens (tertiary/aromatic N) is 3. The third-order valence-corrected chi connectivity index (χ3v) is 7.17. The van der Waals surface area contributed by atoms with Crippen LogP contribution in [0.25, 0.3) is 4.85 Å². The zero-order valence-electron chi connectivity index (χ0n) is 16.6. The number of sulfonamides is 1. The maximum Gasteiger partial charge on any atom is 0.243 e. The van der Waals surface area contributed by atoms with Gasteiger partial charge in [-0.15, -0.1) is 0 Å². The van der Waals surface area contributed by atoms with Gasteiger partial charge < -0.3 is 4.85 Å². The fourth-order valence-corrected chi connectivity index (χ4v) is 5.13. The highest BCUT2D eigenvalue weighted by molar-refractivity contribution is 7.89. The molecule has 29 heavy (non-hydrogen) atoms. The molecule has 1 unspecified atom stereocenters. The second-order valence-corrected chi connectivity index (χ2v) is 9.41. The van der Waals surface area contributed by atoms with Gasteiger partial charge in [0.25, 0.3) is 0 Å². The van der Waals surface area contributed by atoms with Crippen LogP contribution in [0.3, 0.4) is 0 Å². The molecule has 0 radical (unpaired) electrons. The Morgan fingerprint density at radius 2 is 1.72 bits per heavy atom. The summed E-state index contributed by atoms with van der Waals surface area (Å²) in [7, 11) is -3.62. The second-order valence-electron chi connectivity index (χ2n) is 7.47. The molecule has 5 nitrogen and oxygen atoms in total. The summed E-state index contributed by atoms with van der Waals surface area (Å²) in [5, 5.41) is 0. The molecule has 1 atom stereocenters. The van der Waals surface area contributed by atoms with Crippen molar-refractivity contribution < 1.29 is 12.8 Å². The Kier molecular flexibility index (Phi) is 7.01. The van der Waals surface area contributed by atoms with Crippen molar-refractivity contribution in [2.45, 2.75) is 37.2 Å². The molecule has 2 aromatic rings. The number of rotatable bonds is 5. The van der Waals surface area contributed by atoms with Gasteiger partial charge in [-0.05, 0) is 56.1 Å². The molecule has 0 saturated carbocycles. The van der Waals surface area contributed by atoms with Crippen molar-refractivity contribution in [1.82, 2.24) is 9.21 Å². The first-order valence-electron chi connectivity index (χ1n) is 9.78. The van der Waals surface area contributed by atoms with Crippen LogP contribution >= 0.6 is 0 Å². The Morgan fingerprint density at radius 1 is 1.07 bits per heavy atom. The number of hydrogen-bond donors (Lipinski definition) is 0. The molecular formula is C22H26FN3O2S. The predicted molar refractivity (Wildman–Crippen MR) is 111 cm³/mol. The SMILES string of the molecule is [C-]#[N+]CC1CN(S(=O)(=O)c2ccc(C)cc2)CCCCN1Cc1ccc(F)cc1. The Morgan fingerprint density at radius 3 is 2.38 bits per heavy atom. The number of aryl methyl sites for hydroxylation is 1. The van der Waals surface area contributed by atoms with Gasteiger partial charge in [0.05, 0.1) is 10.9 Å². The molecule has 1 heterocycles. The van der Waals surface area contributed by atoms with Crippen molar-refractivity contribution in [1.29, 1.82) is 0 Å². The first-order valence-corrected chi connectivity index (χ1v) is 11.2. The van der Waals surface area contributed by atoms with E-state index in [0.717, 1.165) is 30.5 Å². The highest BCUT2D eigenvalue weighted by atomic mass is 32.2. The summed E-state index contributed by atoms with van der Waals surface area (Å²) >= 11 is 0. The van der Waals surface area contributed by atoms with Gasteiger partial charge in [-0.1, -0.05) is 29.8 Å². The van der Waals surface area contributed by atoms with Gasteiger partial charge in [-0.3, -0.25) is 4.90 Å². The van der Waals surface area contributed by atoms with Crippen LogP contribution in [0.1, 0.15) is 24.0 Å². The maximum atomic E-state index is 13.2. The van der Waals surface area contributed by atoms with Gasteiger partial charge in [0.1, 0.15) is 5.82 Å². The lowest BCUT2D eigenvalue weighted by Gasteiger charge is -2.35. The van der Waals surface area contributed by atoms with Gasteiger partial charge in [-0.2, -0.15) is 4.31 Å². The molecule has 0 spiro atoms. The Bertz CT molecular complexity index is 953. The molecule has 0 bridgehead atoms. The van der Waals surface area contributed by atoms with E-state index in [-0.39, 0.29) is 29.8 Å². The molecule has 7 heteroatoms. The highest BCUT2D eigenvalue weighted by Crippen LogP contribution is 2.22. The van der Waals surface area contributed by atoms with Crippen LogP contribution in [0.2, 0.25) is 0 Å². The van der Waals surface area contributed by atoms with Gasteiger partial charge in [0.15, 0.2) is 0 Å². The van der Waals surface area contributed by atoms with E-state index in [9.17, 15) is 12.8 Å². The fourth-order valence-electron chi connectivity index (χ4n) is 3.62. The third kappa shape index (κ3) is 5.41. The molecule has 1 aliphatic rings. The summed E-state index contributed by atoms with van der Waals surface area (Å²) in [5.74, 6) is -0.283. The van der Waals surface area contributed by atoms with Gasteiger partial charge in [0, 0.05) is 19.6 Å². The van der Waals surface area contributed by atoms with E-state index < -0.39 is 10.0 Å². The minimum Gasteiger partial charge on any atom is -0.315 e. The monoisotopic (exact) mass is 415 g/mol. The molecule has 0 amide bonds. The van der Waals surface area contributed by atoms with Crippen molar-refractivity contribution in [3.05, 3.63) is 76.9 Å². The zero-order valence-corrected chi connectivity index (χ0v) is 17.4. The predicted octanol–water partition coefficient (Wildman–Crippen LogP) is 3.71. The molecule has 154 valence electrons. The zero-order chi connectivity index (χ0) is 20.9. The molecule has 1 fully saturated rings. The molecule has 0 aromatic heterocycles. The normalized spacial score (nSPS) is 19.3. The van der Waals surface area contributed by atoms with Crippen molar-refractivity contribution in [2.24, 2.45) is 0 Å². The summed E-state index contributed by atoms with van der Waals surface area (Å²) in [6.45, 7) is 11.6. The largest absolute Gasteiger partial charge is 0.315 e. The van der Waals surface area contributed by atoms with Gasteiger partial charge in [0.2, 0.25) is 16.6 Å². The Hall–Kier alpha value is -2.27. The maximum absolute atomic E-state index is 13.2. The van der Waals surface area contributed by atoms with E-state index in [1.807, 2.05) is 6.92 Å². The summed E-state index contributed by atoms with van der Waals surface area (Å²) in [4.78, 5) is 6.01. The van der Waals surface area contributed by atoms with Gasteiger partial charge in [-0.25, -0.2) is 19.4 Å². The average Bonchev–Trinajstić information content (AvgIpc) is 2.68. The van der Waals surface area contributed by atoms with E-state index in [4.69, 9.17) is 6.57 Å². The highest BCUT2D eigenvalue weighted by Gasteiger charge is 2.32. The van der Waals surface area contributed by atoms with Crippen LogP contribution in [0.15, 0.2) is 53.4 Å². The molecular weight excluding hydrogens is 389 g/mol. The van der Waals surface area contributed by atoms with Crippen LogP contribution in [-0.4, -0.2) is 49.8 Å². The summed E-state index contributed by atoms with van der Waals surface area (Å²) in [6, 6.07) is 13.0. The standard InChI is InChI=1S/C22H26FN3O2S/c1-18-5-11-22(12-6-18)29(27,28)26-14-4-3-13-25(21(17-26)15-24-2)16-19-7-9-20(23)10-8-19/h5-12,21H,3-4,13-17H2,1H3. The van der Waals surface area contributed by atoms with Crippen LogP contribution in [-0.2, 0) is 16.6 Å². The smallest absolute Gasteiger partial charge is 0.243 e. The van der Waals surface area contributed by atoms with Crippen molar-refractivity contribution >= 4 is 10.0 Å². The van der Waals surface area contributed by atoms with Crippen LogP contribution in [0.5, 0.6) is 0 Å². The molecule has 0 aliphatic carbocycles. The molecule has 0 N–H and O–H groups in total. The van der Waals surface area contributed by atoms with Crippen molar-refractivity contribution in [2.75, 3.05) is 26.2 Å². The summed E-state index contributed by atoms with van der Waals surface area (Å²) in [6.07, 6.45) is 1.60. The van der Waals surface area contributed by atoms with E-state index in [0.29, 0.717) is 13.1 Å². The van der Waals surface area contributed by atoms with Crippen LogP contribution in [0, 0.1) is 19.3 Å². The minimum atomic E-state index is -3.62. The molecule has 1 aliphatic heterocycles. The third-order valence-electron chi connectivity index (χ3n) is 5.29. The summed E-state index contributed by atoms with van der Waals surface area (Å²) < 4.78 is 41.1. The lowest BCUT2D eigenvalue weighted by Crippen LogP contribution is -2.49. The number of halogens is 1. The molecule has 2 aromatic carbocycles. The van der Waals surface area contributed by atoms with Crippen molar-refractivity contribution in [3.63, 3.8) is 0 Å². The molecule has 3 rings (SSSR count). The number of benzene rings is 2. The number of hydrogen-bond acceptors (Lipinski definition) is 3. The Labute approximate surface area is 172 Å². The Balaban J connectivity index is 1.83. The van der Waals surface area contributed by atoms with Gasteiger partial charge >= 0.3 is 0 Å². The van der Waals surface area contributed by atoms with Crippen LogP contribution in [0.4, 0.5) is 4.39 Å². The van der Waals surface area contributed by atoms with E-state index in [1.165, 1.54) is 16.4 Å². The van der Waals surface area contributed by atoms with E-state index >= 15 is 0 Å². The topological polar surface area (TPSA) is 45.0 Å². The first kappa shape index (κ1) is 21.4. The fraction of sp³-hybridized carbons (Fsp3) is 0.409. The minimum absolute atomic E-state index is 0.210. The molecule has 1 saturated heterocycles. The quantitative estimate of drug-likeness (QED) is 0.700.